The Bertz CT molecular complexity index is 383. The minimum atomic E-state index is -1.05. The Morgan fingerprint density at radius 2 is 2.06 bits per heavy atom. The van der Waals surface area contributed by atoms with Crippen molar-refractivity contribution in [3.8, 4) is 0 Å². The van der Waals surface area contributed by atoms with Gasteiger partial charge in [0.2, 0.25) is 0 Å². The lowest BCUT2D eigenvalue weighted by atomic mass is 10.3. The van der Waals surface area contributed by atoms with E-state index in [1.165, 1.54) is 6.07 Å². The number of aromatic nitrogens is 1. The highest BCUT2D eigenvalue weighted by Crippen LogP contribution is 2.10. The molecule has 6 nitrogen and oxygen atoms in total. The summed E-state index contributed by atoms with van der Waals surface area (Å²) in [4.78, 5) is 15.3. The fraction of sp³-hybridized carbons (Fsp3) is 0.636. The molecule has 1 aliphatic heterocycles. The summed E-state index contributed by atoms with van der Waals surface area (Å²) < 4.78 is 5.00. The summed E-state index contributed by atoms with van der Waals surface area (Å²) >= 11 is 0. The van der Waals surface area contributed by atoms with E-state index in [4.69, 9.17) is 9.63 Å². The Morgan fingerprint density at radius 3 is 2.59 bits per heavy atom. The predicted octanol–water partition coefficient (Wildman–Crippen LogP) is 0.510. The second kappa shape index (κ2) is 5.29. The van der Waals surface area contributed by atoms with Gasteiger partial charge < -0.3 is 14.5 Å². The van der Waals surface area contributed by atoms with Crippen LogP contribution in [-0.4, -0.2) is 58.8 Å². The van der Waals surface area contributed by atoms with Crippen LogP contribution in [0.4, 0.5) is 0 Å². The molecule has 2 heterocycles. The van der Waals surface area contributed by atoms with Gasteiger partial charge in [0.05, 0.1) is 6.54 Å². The zero-order chi connectivity index (χ0) is 12.3. The molecule has 0 atom stereocenters. The Morgan fingerprint density at radius 1 is 1.41 bits per heavy atom. The van der Waals surface area contributed by atoms with Crippen LogP contribution in [0.2, 0.25) is 0 Å². The monoisotopic (exact) mass is 239 g/mol. The summed E-state index contributed by atoms with van der Waals surface area (Å²) in [6, 6.07) is 1.49. The van der Waals surface area contributed by atoms with Gasteiger partial charge in [-0.25, -0.2) is 4.79 Å². The van der Waals surface area contributed by atoms with Crippen LogP contribution < -0.4 is 0 Å². The molecule has 94 valence electrons. The third-order valence-corrected chi connectivity index (χ3v) is 3.07. The number of carboxylic acid groups (broad SMARTS) is 1. The minimum Gasteiger partial charge on any atom is -0.476 e. The number of aromatic carboxylic acids is 1. The average Bonchev–Trinajstić information content (AvgIpc) is 2.79. The molecule has 0 saturated carbocycles. The lowest BCUT2D eigenvalue weighted by Crippen LogP contribution is -2.45. The number of likely N-dealkylation sites (N-methyl/N-ethyl adjacent to an activating group) is 1. The molecule has 1 fully saturated rings. The molecule has 1 aliphatic rings. The molecule has 0 aliphatic carbocycles. The van der Waals surface area contributed by atoms with Crippen LogP contribution in [0, 0.1) is 0 Å². The number of piperazine rings is 1. The molecule has 1 saturated heterocycles. The number of hydrogen-bond acceptors (Lipinski definition) is 5. The van der Waals surface area contributed by atoms with Crippen LogP contribution in [0.1, 0.15) is 23.2 Å². The molecule has 0 bridgehead atoms. The van der Waals surface area contributed by atoms with Gasteiger partial charge in [-0.15, -0.1) is 0 Å². The molecule has 6 heteroatoms. The van der Waals surface area contributed by atoms with Crippen LogP contribution >= 0.6 is 0 Å². The van der Waals surface area contributed by atoms with Crippen LogP contribution in [0.3, 0.4) is 0 Å². The molecule has 1 N–H and O–H groups in total. The maximum absolute atomic E-state index is 10.6. The van der Waals surface area contributed by atoms with E-state index in [2.05, 4.69) is 21.9 Å². The van der Waals surface area contributed by atoms with Gasteiger partial charge in [0.15, 0.2) is 11.5 Å². The molecule has 1 aromatic rings. The first-order valence-corrected chi connectivity index (χ1v) is 5.82. The van der Waals surface area contributed by atoms with E-state index in [1.54, 1.807) is 0 Å². The van der Waals surface area contributed by atoms with Crippen molar-refractivity contribution in [2.75, 3.05) is 32.7 Å². The van der Waals surface area contributed by atoms with Gasteiger partial charge in [-0.3, -0.25) is 4.90 Å². The van der Waals surface area contributed by atoms with E-state index in [0.29, 0.717) is 12.3 Å². The van der Waals surface area contributed by atoms with E-state index in [1.807, 2.05) is 0 Å². The zero-order valence-electron chi connectivity index (χ0n) is 9.93. The van der Waals surface area contributed by atoms with Crippen LogP contribution in [-0.2, 0) is 6.54 Å². The highest BCUT2D eigenvalue weighted by molar-refractivity contribution is 5.85. The Hall–Kier alpha value is -1.40. The Balaban J connectivity index is 1.86. The fourth-order valence-corrected chi connectivity index (χ4v) is 1.97. The standard InChI is InChI=1S/C11H17N3O3/c1-2-13-3-5-14(6-4-13)8-9-7-10(11(15)16)12-17-9/h7H,2-6,8H2,1H3,(H,15,16). The fourth-order valence-electron chi connectivity index (χ4n) is 1.97. The van der Waals surface area contributed by atoms with Crippen LogP contribution in [0.25, 0.3) is 0 Å². The number of nitrogens with zero attached hydrogens (tertiary/aromatic N) is 3. The van der Waals surface area contributed by atoms with Crippen molar-refractivity contribution in [1.29, 1.82) is 0 Å². The third kappa shape index (κ3) is 3.04. The van der Waals surface area contributed by atoms with E-state index in [-0.39, 0.29) is 5.69 Å². The van der Waals surface area contributed by atoms with Crippen molar-refractivity contribution in [2.24, 2.45) is 0 Å². The molecule has 0 radical (unpaired) electrons. The van der Waals surface area contributed by atoms with Gasteiger partial charge in [0.1, 0.15) is 0 Å². The highest BCUT2D eigenvalue weighted by atomic mass is 16.5. The van der Waals surface area contributed by atoms with Crippen molar-refractivity contribution in [3.63, 3.8) is 0 Å². The molecule has 0 spiro atoms. The second-order valence-electron chi connectivity index (χ2n) is 4.19. The summed E-state index contributed by atoms with van der Waals surface area (Å²) in [5, 5.41) is 12.2. The second-order valence-corrected chi connectivity index (χ2v) is 4.19. The first kappa shape index (κ1) is 12.1. The summed E-state index contributed by atoms with van der Waals surface area (Å²) in [6.07, 6.45) is 0. The molecule has 1 aromatic heterocycles. The summed E-state index contributed by atoms with van der Waals surface area (Å²) in [6.45, 7) is 7.95. The van der Waals surface area contributed by atoms with Crippen molar-refractivity contribution < 1.29 is 14.4 Å². The number of hydrogen-bond donors (Lipinski definition) is 1. The number of rotatable bonds is 4. The van der Waals surface area contributed by atoms with Crippen molar-refractivity contribution in [2.45, 2.75) is 13.5 Å². The third-order valence-electron chi connectivity index (χ3n) is 3.07. The molecule has 0 aromatic carbocycles. The van der Waals surface area contributed by atoms with Crippen molar-refractivity contribution in [3.05, 3.63) is 17.5 Å². The van der Waals surface area contributed by atoms with E-state index in [0.717, 1.165) is 32.7 Å². The van der Waals surface area contributed by atoms with Gasteiger partial charge in [0.25, 0.3) is 0 Å². The normalized spacial score (nSPS) is 18.4. The summed E-state index contributed by atoms with van der Waals surface area (Å²) in [7, 11) is 0. The largest absolute Gasteiger partial charge is 0.476 e. The van der Waals surface area contributed by atoms with Crippen molar-refractivity contribution >= 4 is 5.97 Å². The maximum Gasteiger partial charge on any atom is 0.358 e. The number of carbonyl (C=O) groups is 1. The van der Waals surface area contributed by atoms with Gasteiger partial charge in [-0.1, -0.05) is 12.1 Å². The highest BCUT2D eigenvalue weighted by Gasteiger charge is 2.18. The van der Waals surface area contributed by atoms with Gasteiger partial charge in [-0.05, 0) is 6.54 Å². The summed E-state index contributed by atoms with van der Waals surface area (Å²) in [5.74, 6) is -0.428. The molecule has 2 rings (SSSR count). The average molecular weight is 239 g/mol. The van der Waals surface area contributed by atoms with Crippen molar-refractivity contribution in [1.82, 2.24) is 15.0 Å². The van der Waals surface area contributed by atoms with Crippen LogP contribution in [0.5, 0.6) is 0 Å². The maximum atomic E-state index is 10.6. The zero-order valence-corrected chi connectivity index (χ0v) is 9.93. The van der Waals surface area contributed by atoms with E-state index in [9.17, 15) is 4.79 Å². The predicted molar refractivity (Wildman–Crippen MR) is 60.9 cm³/mol. The molecule has 0 amide bonds. The first-order chi connectivity index (χ1) is 8.19. The van der Waals surface area contributed by atoms with Gasteiger partial charge in [0, 0.05) is 32.2 Å². The minimum absolute atomic E-state index is 0.0211. The lowest BCUT2D eigenvalue weighted by Gasteiger charge is -2.33. The molecule has 17 heavy (non-hydrogen) atoms. The van der Waals surface area contributed by atoms with Gasteiger partial charge in [-0.2, -0.15) is 0 Å². The Kier molecular flexibility index (Phi) is 3.75. The summed E-state index contributed by atoms with van der Waals surface area (Å²) in [5.41, 5.74) is -0.0211. The molecular formula is C11H17N3O3. The number of carboxylic acids is 1. The first-order valence-electron chi connectivity index (χ1n) is 5.82. The smallest absolute Gasteiger partial charge is 0.358 e. The molecule has 0 unspecified atom stereocenters. The van der Waals surface area contributed by atoms with Crippen LogP contribution in [0.15, 0.2) is 10.6 Å². The van der Waals surface area contributed by atoms with E-state index < -0.39 is 5.97 Å². The quantitative estimate of drug-likeness (QED) is 0.825. The molecular weight excluding hydrogens is 222 g/mol. The topological polar surface area (TPSA) is 69.8 Å². The van der Waals surface area contributed by atoms with E-state index >= 15 is 0 Å². The van der Waals surface area contributed by atoms with Gasteiger partial charge >= 0.3 is 5.97 Å². The lowest BCUT2D eigenvalue weighted by molar-refractivity contribution is 0.0685. The SMILES string of the molecule is CCN1CCN(Cc2cc(C(=O)O)no2)CC1. The Labute approximate surface area is 99.8 Å².